The maximum absolute atomic E-state index is 9.62. The fraction of sp³-hybridized carbons (Fsp3) is 0.625. The van der Waals surface area contributed by atoms with E-state index in [0.717, 1.165) is 4.90 Å². The molecule has 1 aromatic rings. The zero-order valence-electron chi connectivity index (χ0n) is 7.90. The molecular formula is C8H15N3OS. The Morgan fingerprint density at radius 2 is 2.46 bits per heavy atom. The molecule has 3 N–H and O–H groups in total. The maximum atomic E-state index is 9.62. The molecule has 0 amide bonds. The van der Waals surface area contributed by atoms with Gasteiger partial charge in [0.1, 0.15) is 0 Å². The van der Waals surface area contributed by atoms with Crippen LogP contribution in [0.2, 0.25) is 0 Å². The van der Waals surface area contributed by atoms with Gasteiger partial charge in [0.15, 0.2) is 0 Å². The van der Waals surface area contributed by atoms with Gasteiger partial charge in [0.2, 0.25) is 0 Å². The smallest absolute Gasteiger partial charge is 0.0834 e. The van der Waals surface area contributed by atoms with Crippen LogP contribution in [-0.4, -0.2) is 32.8 Å². The van der Waals surface area contributed by atoms with Gasteiger partial charge < -0.3 is 10.8 Å². The van der Waals surface area contributed by atoms with Gasteiger partial charge >= 0.3 is 0 Å². The monoisotopic (exact) mass is 201 g/mol. The molecule has 0 aromatic carbocycles. The second-order valence-corrected chi connectivity index (χ2v) is 4.39. The normalized spacial score (nSPS) is 15.7. The first-order valence-electron chi connectivity index (χ1n) is 4.07. The van der Waals surface area contributed by atoms with E-state index in [2.05, 4.69) is 5.10 Å². The van der Waals surface area contributed by atoms with E-state index in [1.54, 1.807) is 29.6 Å². The Hall–Kier alpha value is -0.520. The zero-order chi connectivity index (χ0) is 9.90. The average molecular weight is 201 g/mol. The molecule has 0 fully saturated rings. The minimum atomic E-state index is -0.791. The topological polar surface area (TPSA) is 64.1 Å². The Bertz CT molecular complexity index is 272. The minimum Gasteiger partial charge on any atom is -0.388 e. The maximum Gasteiger partial charge on any atom is 0.0834 e. The van der Waals surface area contributed by atoms with Gasteiger partial charge in [0, 0.05) is 30.4 Å². The van der Waals surface area contributed by atoms with Crippen molar-refractivity contribution in [1.29, 1.82) is 0 Å². The molecule has 74 valence electrons. The largest absolute Gasteiger partial charge is 0.388 e. The number of aliphatic hydroxyl groups is 1. The van der Waals surface area contributed by atoms with Gasteiger partial charge in [-0.3, -0.25) is 4.68 Å². The molecule has 1 heterocycles. The summed E-state index contributed by atoms with van der Waals surface area (Å²) in [5.74, 6) is 0.592. The Labute approximate surface area is 82.1 Å². The van der Waals surface area contributed by atoms with Crippen LogP contribution >= 0.6 is 11.8 Å². The van der Waals surface area contributed by atoms with Crippen molar-refractivity contribution in [3.05, 3.63) is 12.4 Å². The molecule has 1 aromatic heterocycles. The van der Waals surface area contributed by atoms with Crippen LogP contribution in [0.3, 0.4) is 0 Å². The van der Waals surface area contributed by atoms with Gasteiger partial charge in [-0.1, -0.05) is 0 Å². The zero-order valence-corrected chi connectivity index (χ0v) is 8.71. The van der Waals surface area contributed by atoms with Crippen LogP contribution in [0.15, 0.2) is 17.3 Å². The van der Waals surface area contributed by atoms with Crippen LogP contribution in [0.1, 0.15) is 6.92 Å². The lowest BCUT2D eigenvalue weighted by molar-refractivity contribution is 0.0949. The minimum absolute atomic E-state index is 0.278. The summed E-state index contributed by atoms with van der Waals surface area (Å²) < 4.78 is 1.74. The summed E-state index contributed by atoms with van der Waals surface area (Å²) in [5, 5.41) is 13.6. The molecule has 0 bridgehead atoms. The Morgan fingerprint density at radius 1 is 1.77 bits per heavy atom. The van der Waals surface area contributed by atoms with E-state index in [0.29, 0.717) is 5.75 Å². The molecule has 1 atom stereocenters. The highest BCUT2D eigenvalue weighted by molar-refractivity contribution is 7.99. The fourth-order valence-corrected chi connectivity index (χ4v) is 1.72. The molecule has 0 aliphatic heterocycles. The molecule has 0 saturated carbocycles. The van der Waals surface area contributed by atoms with Crippen LogP contribution in [0.5, 0.6) is 0 Å². The molecule has 0 radical (unpaired) electrons. The lowest BCUT2D eigenvalue weighted by Crippen LogP contribution is -2.36. The summed E-state index contributed by atoms with van der Waals surface area (Å²) in [5.41, 5.74) is 4.60. The number of hydrogen-bond acceptors (Lipinski definition) is 4. The lowest BCUT2D eigenvalue weighted by Gasteiger charge is -2.19. The van der Waals surface area contributed by atoms with Gasteiger partial charge in [0.05, 0.1) is 11.8 Å². The lowest BCUT2D eigenvalue weighted by atomic mass is 10.1. The number of hydrogen-bond donors (Lipinski definition) is 2. The van der Waals surface area contributed by atoms with E-state index in [1.807, 2.05) is 13.2 Å². The van der Waals surface area contributed by atoms with E-state index in [9.17, 15) is 5.11 Å². The molecule has 5 heteroatoms. The van der Waals surface area contributed by atoms with Crippen molar-refractivity contribution in [2.24, 2.45) is 12.8 Å². The summed E-state index contributed by atoms with van der Waals surface area (Å²) in [6, 6.07) is 0. The number of aromatic nitrogens is 2. The van der Waals surface area contributed by atoms with Gasteiger partial charge in [-0.2, -0.15) is 5.10 Å². The number of aryl methyl sites for hydroxylation is 1. The van der Waals surface area contributed by atoms with Gasteiger partial charge in [-0.15, -0.1) is 11.8 Å². The third kappa shape index (κ3) is 3.38. The van der Waals surface area contributed by atoms with E-state index in [1.165, 1.54) is 0 Å². The molecular weight excluding hydrogens is 186 g/mol. The third-order valence-electron chi connectivity index (χ3n) is 1.67. The van der Waals surface area contributed by atoms with E-state index in [4.69, 9.17) is 5.73 Å². The van der Waals surface area contributed by atoms with E-state index in [-0.39, 0.29) is 6.54 Å². The quantitative estimate of drug-likeness (QED) is 0.684. The van der Waals surface area contributed by atoms with Gasteiger partial charge in [-0.05, 0) is 6.92 Å². The van der Waals surface area contributed by atoms with Crippen molar-refractivity contribution in [3.63, 3.8) is 0 Å². The van der Waals surface area contributed by atoms with Crippen molar-refractivity contribution >= 4 is 11.8 Å². The molecule has 0 spiro atoms. The first-order valence-corrected chi connectivity index (χ1v) is 5.06. The van der Waals surface area contributed by atoms with Crippen LogP contribution in [-0.2, 0) is 7.05 Å². The summed E-state index contributed by atoms with van der Waals surface area (Å²) >= 11 is 1.56. The van der Waals surface area contributed by atoms with Crippen molar-refractivity contribution in [2.75, 3.05) is 12.3 Å². The first-order chi connectivity index (χ1) is 6.03. The second-order valence-electron chi connectivity index (χ2n) is 3.34. The number of thioether (sulfide) groups is 1. The highest BCUT2D eigenvalue weighted by Gasteiger charge is 2.18. The third-order valence-corrected chi connectivity index (χ3v) is 2.98. The SMILES string of the molecule is Cn1cc(SCC(C)(O)CN)cn1. The van der Waals surface area contributed by atoms with Crippen LogP contribution in [0, 0.1) is 0 Å². The molecule has 1 rings (SSSR count). The summed E-state index contributed by atoms with van der Waals surface area (Å²) in [6.45, 7) is 2.01. The van der Waals surface area contributed by atoms with Crippen LogP contribution in [0.25, 0.3) is 0 Å². The first kappa shape index (κ1) is 10.6. The van der Waals surface area contributed by atoms with Gasteiger partial charge in [-0.25, -0.2) is 0 Å². The predicted octanol–water partition coefficient (Wildman–Crippen LogP) is 0.222. The van der Waals surface area contributed by atoms with Crippen LogP contribution < -0.4 is 5.73 Å². The average Bonchev–Trinajstić information content (AvgIpc) is 2.48. The van der Waals surface area contributed by atoms with Crippen molar-refractivity contribution in [3.8, 4) is 0 Å². The summed E-state index contributed by atoms with van der Waals surface area (Å²) in [6.07, 6.45) is 3.69. The number of rotatable bonds is 4. The predicted molar refractivity (Wildman–Crippen MR) is 53.6 cm³/mol. The van der Waals surface area contributed by atoms with E-state index < -0.39 is 5.60 Å². The fourth-order valence-electron chi connectivity index (χ4n) is 0.771. The van der Waals surface area contributed by atoms with Crippen LogP contribution in [0.4, 0.5) is 0 Å². The molecule has 1 unspecified atom stereocenters. The van der Waals surface area contributed by atoms with Crippen molar-refractivity contribution in [1.82, 2.24) is 9.78 Å². The number of nitrogens with two attached hydrogens (primary N) is 1. The Balaban J connectivity index is 2.43. The molecule has 0 saturated heterocycles. The molecule has 0 aliphatic carbocycles. The van der Waals surface area contributed by atoms with Gasteiger partial charge in [0.25, 0.3) is 0 Å². The van der Waals surface area contributed by atoms with E-state index >= 15 is 0 Å². The molecule has 4 nitrogen and oxygen atoms in total. The Kier molecular flexibility index (Phi) is 3.35. The highest BCUT2D eigenvalue weighted by Crippen LogP contribution is 2.20. The van der Waals surface area contributed by atoms with Crippen molar-refractivity contribution in [2.45, 2.75) is 17.4 Å². The molecule has 13 heavy (non-hydrogen) atoms. The number of nitrogens with zero attached hydrogens (tertiary/aromatic N) is 2. The summed E-state index contributed by atoms with van der Waals surface area (Å²) in [4.78, 5) is 1.05. The molecule has 0 aliphatic rings. The second kappa shape index (κ2) is 4.13. The standard InChI is InChI=1S/C8H15N3OS/c1-8(12,5-9)6-13-7-3-10-11(2)4-7/h3-4,12H,5-6,9H2,1-2H3. The highest BCUT2D eigenvalue weighted by atomic mass is 32.2. The van der Waals surface area contributed by atoms with Crippen molar-refractivity contribution < 1.29 is 5.11 Å². The Morgan fingerprint density at radius 3 is 2.92 bits per heavy atom. The summed E-state index contributed by atoms with van der Waals surface area (Å²) in [7, 11) is 1.87.